The summed E-state index contributed by atoms with van der Waals surface area (Å²) in [5.74, 6) is 0.383. The van der Waals surface area contributed by atoms with Crippen LogP contribution in [0.1, 0.15) is 10.4 Å². The molecule has 0 amide bonds. The molecule has 0 atom stereocenters. The Kier molecular flexibility index (Phi) is 4.66. The molecule has 92 valence electrons. The number of rotatable bonds is 4. The normalized spacial score (nSPS) is 8.32. The number of methoxy groups -OCH3 is 1. The van der Waals surface area contributed by atoms with E-state index in [-0.39, 0.29) is 11.3 Å². The first kappa shape index (κ1) is 13.8. The van der Waals surface area contributed by atoms with Crippen LogP contribution >= 0.6 is 0 Å². The zero-order valence-electron chi connectivity index (χ0n) is 9.97. The van der Waals surface area contributed by atoms with Crippen molar-refractivity contribution in [2.24, 2.45) is 0 Å². The van der Waals surface area contributed by atoms with E-state index in [0.717, 1.165) is 0 Å². The topological polar surface area (TPSA) is 110 Å². The van der Waals surface area contributed by atoms with Crippen LogP contribution in [-0.4, -0.2) is 13.4 Å². The van der Waals surface area contributed by atoms with Gasteiger partial charge in [0.1, 0.15) is 35.9 Å². The molecule has 0 saturated heterocycles. The number of ether oxygens (including phenoxy) is 1. The number of carbonyl (C=O) groups is 1. The number of benzene rings is 1. The number of carbonyl (C=O) groups excluding carboxylic acids is 1. The van der Waals surface area contributed by atoms with Crippen molar-refractivity contribution < 1.29 is 9.53 Å². The number of nitriles is 3. The molecule has 0 fully saturated rings. The molecule has 0 heterocycles. The smallest absolute Gasteiger partial charge is 0.163 e. The first-order valence-corrected chi connectivity index (χ1v) is 5.05. The van der Waals surface area contributed by atoms with Gasteiger partial charge < -0.3 is 10.1 Å². The van der Waals surface area contributed by atoms with E-state index in [4.69, 9.17) is 20.5 Å². The van der Waals surface area contributed by atoms with Gasteiger partial charge in [-0.3, -0.25) is 4.79 Å². The summed E-state index contributed by atoms with van der Waals surface area (Å²) in [4.78, 5) is 10.7. The van der Waals surface area contributed by atoms with Crippen molar-refractivity contribution in [3.63, 3.8) is 0 Å². The Morgan fingerprint density at radius 3 is 2.42 bits per heavy atom. The van der Waals surface area contributed by atoms with Crippen molar-refractivity contribution in [2.45, 2.75) is 0 Å². The fourth-order valence-corrected chi connectivity index (χ4v) is 1.31. The van der Waals surface area contributed by atoms with Gasteiger partial charge in [0.2, 0.25) is 0 Å². The monoisotopic (exact) mass is 252 g/mol. The molecule has 6 nitrogen and oxygen atoms in total. The highest BCUT2D eigenvalue weighted by molar-refractivity contribution is 5.79. The van der Waals surface area contributed by atoms with Gasteiger partial charge in [-0.1, -0.05) is 0 Å². The maximum absolute atomic E-state index is 10.7. The van der Waals surface area contributed by atoms with E-state index in [1.807, 2.05) is 0 Å². The van der Waals surface area contributed by atoms with Crippen LogP contribution in [0.2, 0.25) is 0 Å². The van der Waals surface area contributed by atoms with Crippen molar-refractivity contribution >= 4 is 12.0 Å². The standard InChI is InChI=1S/C13H8N4O2/c1-19-13-3-2-9(8-18)4-11(13)17-12(7-16)10(5-14)6-15/h2-4,8,17H,1H3. The molecule has 6 heteroatoms. The average molecular weight is 252 g/mol. The second kappa shape index (κ2) is 6.44. The lowest BCUT2D eigenvalue weighted by Crippen LogP contribution is -2.03. The highest BCUT2D eigenvalue weighted by Gasteiger charge is 2.10. The molecule has 0 aliphatic rings. The molecule has 0 aliphatic heterocycles. The maximum atomic E-state index is 10.7. The SMILES string of the molecule is COc1ccc(C=O)cc1NC(C#N)=C(C#N)C#N. The first-order valence-electron chi connectivity index (χ1n) is 5.05. The summed E-state index contributed by atoms with van der Waals surface area (Å²) in [5.41, 5.74) is 0.148. The molecule has 19 heavy (non-hydrogen) atoms. The van der Waals surface area contributed by atoms with E-state index in [0.29, 0.717) is 23.3 Å². The second-order valence-electron chi connectivity index (χ2n) is 3.29. The Balaban J connectivity index is 3.29. The number of anilines is 1. The Morgan fingerprint density at radius 1 is 1.26 bits per heavy atom. The largest absolute Gasteiger partial charge is 0.495 e. The molecule has 1 aromatic rings. The van der Waals surface area contributed by atoms with Gasteiger partial charge in [0.25, 0.3) is 0 Å². The van der Waals surface area contributed by atoms with Crippen LogP contribution in [0.15, 0.2) is 29.5 Å². The van der Waals surface area contributed by atoms with Gasteiger partial charge in [0.15, 0.2) is 5.57 Å². The van der Waals surface area contributed by atoms with Crippen molar-refractivity contribution in [3.8, 4) is 24.0 Å². The molecular formula is C13H8N4O2. The summed E-state index contributed by atoms with van der Waals surface area (Å²) < 4.78 is 5.06. The summed E-state index contributed by atoms with van der Waals surface area (Å²) in [7, 11) is 1.42. The summed E-state index contributed by atoms with van der Waals surface area (Å²) >= 11 is 0. The molecule has 1 aromatic carbocycles. The number of nitrogens with one attached hydrogen (secondary N) is 1. The minimum Gasteiger partial charge on any atom is -0.495 e. The number of hydrogen-bond donors (Lipinski definition) is 1. The highest BCUT2D eigenvalue weighted by atomic mass is 16.5. The lowest BCUT2D eigenvalue weighted by Gasteiger charge is -2.10. The molecule has 0 aliphatic carbocycles. The van der Waals surface area contributed by atoms with E-state index >= 15 is 0 Å². The predicted molar refractivity (Wildman–Crippen MR) is 65.9 cm³/mol. The van der Waals surface area contributed by atoms with Crippen LogP contribution in [0.25, 0.3) is 0 Å². The minimum atomic E-state index is -0.346. The summed E-state index contributed by atoms with van der Waals surface area (Å²) in [5, 5.41) is 29.0. The molecule has 0 unspecified atom stereocenters. The number of hydrogen-bond acceptors (Lipinski definition) is 6. The molecule has 0 radical (unpaired) electrons. The van der Waals surface area contributed by atoms with E-state index in [1.54, 1.807) is 30.3 Å². The van der Waals surface area contributed by atoms with Gasteiger partial charge >= 0.3 is 0 Å². The van der Waals surface area contributed by atoms with E-state index in [2.05, 4.69) is 5.32 Å². The summed E-state index contributed by atoms with van der Waals surface area (Å²) in [6.07, 6.45) is 0.635. The van der Waals surface area contributed by atoms with Crippen LogP contribution < -0.4 is 10.1 Å². The third-order valence-corrected chi connectivity index (χ3v) is 2.20. The highest BCUT2D eigenvalue weighted by Crippen LogP contribution is 2.26. The molecule has 0 bridgehead atoms. The Bertz CT molecular complexity index is 641. The van der Waals surface area contributed by atoms with Crippen LogP contribution in [0.5, 0.6) is 5.75 Å². The second-order valence-corrected chi connectivity index (χ2v) is 3.29. The molecule has 1 N–H and O–H groups in total. The van der Waals surface area contributed by atoms with Crippen molar-refractivity contribution in [1.29, 1.82) is 15.8 Å². The Hall–Kier alpha value is -3.30. The number of allylic oxidation sites excluding steroid dienone is 2. The molecule has 0 spiro atoms. The van der Waals surface area contributed by atoms with Gasteiger partial charge in [-0.15, -0.1) is 0 Å². The lowest BCUT2D eigenvalue weighted by molar-refractivity contribution is 0.112. The van der Waals surface area contributed by atoms with Crippen LogP contribution in [0.3, 0.4) is 0 Å². The lowest BCUT2D eigenvalue weighted by atomic mass is 10.2. The quantitative estimate of drug-likeness (QED) is 0.645. The Labute approximate surface area is 109 Å². The van der Waals surface area contributed by atoms with Gasteiger partial charge in [-0.25, -0.2) is 0 Å². The van der Waals surface area contributed by atoms with Gasteiger partial charge in [0.05, 0.1) is 12.8 Å². The van der Waals surface area contributed by atoms with Crippen molar-refractivity contribution in [1.82, 2.24) is 0 Å². The van der Waals surface area contributed by atoms with E-state index < -0.39 is 0 Å². The predicted octanol–water partition coefficient (Wildman–Crippen LogP) is 1.74. The average Bonchev–Trinajstić information content (AvgIpc) is 2.47. The van der Waals surface area contributed by atoms with E-state index in [1.165, 1.54) is 13.2 Å². The first-order chi connectivity index (χ1) is 9.19. The zero-order chi connectivity index (χ0) is 14.3. The van der Waals surface area contributed by atoms with Crippen LogP contribution in [0.4, 0.5) is 5.69 Å². The Morgan fingerprint density at radius 2 is 1.95 bits per heavy atom. The molecule has 0 saturated carbocycles. The zero-order valence-corrected chi connectivity index (χ0v) is 9.97. The van der Waals surface area contributed by atoms with Crippen molar-refractivity contribution in [3.05, 3.63) is 35.0 Å². The van der Waals surface area contributed by atoms with Crippen LogP contribution in [0, 0.1) is 34.0 Å². The van der Waals surface area contributed by atoms with Crippen LogP contribution in [-0.2, 0) is 0 Å². The fraction of sp³-hybridized carbons (Fsp3) is 0.0769. The minimum absolute atomic E-state index is 0.202. The third kappa shape index (κ3) is 3.09. The molecular weight excluding hydrogens is 244 g/mol. The van der Waals surface area contributed by atoms with E-state index in [9.17, 15) is 4.79 Å². The fourth-order valence-electron chi connectivity index (χ4n) is 1.31. The van der Waals surface area contributed by atoms with Crippen molar-refractivity contribution in [2.75, 3.05) is 12.4 Å². The molecule has 1 rings (SSSR count). The van der Waals surface area contributed by atoms with Gasteiger partial charge in [-0.2, -0.15) is 15.8 Å². The molecule has 0 aromatic heterocycles. The van der Waals surface area contributed by atoms with Gasteiger partial charge in [-0.05, 0) is 18.2 Å². The summed E-state index contributed by atoms with van der Waals surface area (Å²) in [6, 6.07) is 9.48. The summed E-state index contributed by atoms with van der Waals surface area (Å²) in [6.45, 7) is 0. The third-order valence-electron chi connectivity index (χ3n) is 2.20. The number of nitrogens with zero attached hydrogens (tertiary/aromatic N) is 3. The number of aldehydes is 1. The maximum Gasteiger partial charge on any atom is 0.163 e. The van der Waals surface area contributed by atoms with Gasteiger partial charge in [0, 0.05) is 5.56 Å².